The van der Waals surface area contributed by atoms with Crippen molar-refractivity contribution < 1.29 is 8.42 Å². The Labute approximate surface area is 104 Å². The van der Waals surface area contributed by atoms with Gasteiger partial charge in [0.2, 0.25) is 0 Å². The summed E-state index contributed by atoms with van der Waals surface area (Å²) in [5, 5.41) is 3.41. The van der Waals surface area contributed by atoms with Gasteiger partial charge >= 0.3 is 0 Å². The van der Waals surface area contributed by atoms with Crippen LogP contribution >= 0.6 is 0 Å². The number of sulfone groups is 1. The topological polar surface area (TPSA) is 46.2 Å². The van der Waals surface area contributed by atoms with Gasteiger partial charge in [0.05, 0.1) is 4.90 Å². The van der Waals surface area contributed by atoms with E-state index >= 15 is 0 Å². The van der Waals surface area contributed by atoms with Gasteiger partial charge in [-0.3, -0.25) is 0 Å². The Hall–Kier alpha value is -0.870. The van der Waals surface area contributed by atoms with Crippen LogP contribution < -0.4 is 5.32 Å². The summed E-state index contributed by atoms with van der Waals surface area (Å²) in [4.78, 5) is 0.373. The predicted molar refractivity (Wildman–Crippen MR) is 70.7 cm³/mol. The lowest BCUT2D eigenvalue weighted by atomic mass is 10.1. The second kappa shape index (κ2) is 5.65. The van der Waals surface area contributed by atoms with Gasteiger partial charge in [-0.25, -0.2) is 8.42 Å². The van der Waals surface area contributed by atoms with Gasteiger partial charge < -0.3 is 5.32 Å². The molecule has 0 aliphatic rings. The molecule has 0 aliphatic heterocycles. The summed E-state index contributed by atoms with van der Waals surface area (Å²) in [5.74, 6) is 0.588. The minimum absolute atomic E-state index is 0.373. The summed E-state index contributed by atoms with van der Waals surface area (Å²) >= 11 is 0. The Morgan fingerprint density at radius 2 is 1.65 bits per heavy atom. The Morgan fingerprint density at radius 1 is 1.12 bits per heavy atom. The largest absolute Gasteiger partial charge is 0.310 e. The van der Waals surface area contributed by atoms with Crippen molar-refractivity contribution in [2.45, 2.75) is 38.3 Å². The summed E-state index contributed by atoms with van der Waals surface area (Å²) < 4.78 is 22.6. The number of hydrogen-bond donors (Lipinski definition) is 1. The molecule has 0 aromatic heterocycles. The third kappa shape index (κ3) is 4.48. The van der Waals surface area contributed by atoms with Crippen molar-refractivity contribution in [3.63, 3.8) is 0 Å². The molecule has 17 heavy (non-hydrogen) atoms. The molecule has 1 aromatic carbocycles. The highest BCUT2D eigenvalue weighted by molar-refractivity contribution is 7.90. The summed E-state index contributed by atoms with van der Waals surface area (Å²) in [6, 6.07) is 7.48. The Morgan fingerprint density at radius 3 is 2.06 bits per heavy atom. The fourth-order valence-electron chi connectivity index (χ4n) is 1.37. The van der Waals surface area contributed by atoms with E-state index in [9.17, 15) is 8.42 Å². The monoisotopic (exact) mass is 255 g/mol. The van der Waals surface area contributed by atoms with E-state index in [-0.39, 0.29) is 0 Å². The van der Waals surface area contributed by atoms with E-state index in [1.54, 1.807) is 12.1 Å². The van der Waals surface area contributed by atoms with Crippen LogP contribution in [0.5, 0.6) is 0 Å². The van der Waals surface area contributed by atoms with E-state index in [1.807, 2.05) is 12.1 Å². The minimum Gasteiger partial charge on any atom is -0.310 e. The van der Waals surface area contributed by atoms with E-state index in [4.69, 9.17) is 0 Å². The highest BCUT2D eigenvalue weighted by Gasteiger charge is 2.08. The van der Waals surface area contributed by atoms with Crippen LogP contribution in [0.1, 0.15) is 26.3 Å². The van der Waals surface area contributed by atoms with Crippen LogP contribution in [0.15, 0.2) is 29.2 Å². The second-order valence-corrected chi connectivity index (χ2v) is 6.85. The zero-order chi connectivity index (χ0) is 13.1. The van der Waals surface area contributed by atoms with Crippen LogP contribution in [0.2, 0.25) is 0 Å². The first-order valence-electron chi connectivity index (χ1n) is 5.83. The van der Waals surface area contributed by atoms with E-state index in [2.05, 4.69) is 26.1 Å². The third-order valence-corrected chi connectivity index (χ3v) is 4.11. The lowest BCUT2D eigenvalue weighted by Gasteiger charge is -2.17. The van der Waals surface area contributed by atoms with E-state index < -0.39 is 9.84 Å². The highest BCUT2D eigenvalue weighted by atomic mass is 32.2. The molecule has 3 nitrogen and oxygen atoms in total. The molecule has 1 N–H and O–H groups in total. The molecule has 4 heteroatoms. The predicted octanol–water partition coefficient (Wildman–Crippen LogP) is 2.22. The van der Waals surface area contributed by atoms with Crippen molar-refractivity contribution in [3.05, 3.63) is 29.8 Å². The van der Waals surface area contributed by atoms with Crippen LogP contribution in [0.3, 0.4) is 0 Å². The first-order valence-corrected chi connectivity index (χ1v) is 7.72. The molecule has 0 saturated carbocycles. The molecule has 0 radical (unpaired) electrons. The first-order chi connectivity index (χ1) is 7.80. The molecule has 0 spiro atoms. The van der Waals surface area contributed by atoms with E-state index in [0.717, 1.165) is 12.1 Å². The summed E-state index contributed by atoms with van der Waals surface area (Å²) in [5.41, 5.74) is 1.10. The van der Waals surface area contributed by atoms with Gasteiger partial charge in [-0.15, -0.1) is 0 Å². The Bertz CT molecular complexity index is 449. The van der Waals surface area contributed by atoms with E-state index in [1.165, 1.54) is 6.26 Å². The normalized spacial score (nSPS) is 13.9. The van der Waals surface area contributed by atoms with Gasteiger partial charge in [0.15, 0.2) is 9.84 Å². The van der Waals surface area contributed by atoms with Gasteiger partial charge in [0, 0.05) is 18.8 Å². The molecule has 0 aliphatic carbocycles. The fraction of sp³-hybridized carbons (Fsp3) is 0.538. The number of rotatable bonds is 5. The molecular formula is C13H21NO2S. The zero-order valence-corrected chi connectivity index (χ0v) is 11.7. The highest BCUT2D eigenvalue weighted by Crippen LogP contribution is 2.10. The lowest BCUT2D eigenvalue weighted by molar-refractivity contribution is 0.426. The standard InChI is InChI=1S/C13H21NO2S/c1-10(2)11(3)14-9-12-5-7-13(8-6-12)17(4,15)16/h5-8,10-11,14H,9H2,1-4H3. The van der Waals surface area contributed by atoms with Crippen molar-refractivity contribution in [2.24, 2.45) is 5.92 Å². The van der Waals surface area contributed by atoms with E-state index in [0.29, 0.717) is 16.9 Å². The quantitative estimate of drug-likeness (QED) is 0.877. The van der Waals surface area contributed by atoms with Crippen molar-refractivity contribution >= 4 is 9.84 Å². The van der Waals surface area contributed by atoms with Gasteiger partial charge in [-0.2, -0.15) is 0 Å². The van der Waals surface area contributed by atoms with Gasteiger partial charge in [-0.1, -0.05) is 26.0 Å². The van der Waals surface area contributed by atoms with Gasteiger partial charge in [0.1, 0.15) is 0 Å². The maximum absolute atomic E-state index is 11.3. The molecule has 0 amide bonds. The molecule has 0 heterocycles. The maximum Gasteiger partial charge on any atom is 0.175 e. The number of nitrogens with one attached hydrogen (secondary N) is 1. The Kier molecular flexibility index (Phi) is 4.71. The zero-order valence-electron chi connectivity index (χ0n) is 10.9. The lowest BCUT2D eigenvalue weighted by Crippen LogP contribution is -2.30. The van der Waals surface area contributed by atoms with Gasteiger partial charge in [-0.05, 0) is 30.5 Å². The molecule has 96 valence electrons. The molecular weight excluding hydrogens is 234 g/mol. The smallest absolute Gasteiger partial charge is 0.175 e. The van der Waals surface area contributed by atoms with Crippen LogP contribution in [0.25, 0.3) is 0 Å². The van der Waals surface area contributed by atoms with Crippen molar-refractivity contribution in [1.82, 2.24) is 5.32 Å². The molecule has 1 rings (SSSR count). The van der Waals surface area contributed by atoms with Crippen molar-refractivity contribution in [1.29, 1.82) is 0 Å². The summed E-state index contributed by atoms with van der Waals surface area (Å²) in [6.45, 7) is 7.26. The molecule has 1 unspecified atom stereocenters. The molecule has 1 atom stereocenters. The minimum atomic E-state index is -3.08. The molecule has 0 saturated heterocycles. The second-order valence-electron chi connectivity index (χ2n) is 4.83. The third-order valence-electron chi connectivity index (χ3n) is 2.98. The van der Waals surface area contributed by atoms with Crippen LogP contribution in [0.4, 0.5) is 0 Å². The van der Waals surface area contributed by atoms with Gasteiger partial charge in [0.25, 0.3) is 0 Å². The average Bonchev–Trinajstić information content (AvgIpc) is 2.25. The maximum atomic E-state index is 11.3. The van der Waals surface area contributed by atoms with Crippen LogP contribution in [-0.2, 0) is 16.4 Å². The number of benzene rings is 1. The molecule has 1 aromatic rings. The SMILES string of the molecule is CC(C)C(C)NCc1ccc(S(C)(=O)=O)cc1. The average molecular weight is 255 g/mol. The van der Waals surface area contributed by atoms with Crippen LogP contribution in [-0.4, -0.2) is 20.7 Å². The first kappa shape index (κ1) is 14.2. The van der Waals surface area contributed by atoms with Crippen molar-refractivity contribution in [2.75, 3.05) is 6.26 Å². The number of hydrogen-bond acceptors (Lipinski definition) is 3. The summed E-state index contributed by atoms with van der Waals surface area (Å²) in [7, 11) is -3.08. The fourth-order valence-corrected chi connectivity index (χ4v) is 2.00. The Balaban J connectivity index is 2.64. The molecule has 0 bridgehead atoms. The summed E-state index contributed by atoms with van der Waals surface area (Å²) in [6.07, 6.45) is 1.22. The van der Waals surface area contributed by atoms with Crippen LogP contribution in [0, 0.1) is 5.92 Å². The van der Waals surface area contributed by atoms with Crippen molar-refractivity contribution in [3.8, 4) is 0 Å². The molecule has 0 fully saturated rings.